The van der Waals surface area contributed by atoms with E-state index in [1.165, 1.54) is 102 Å². The zero-order valence-corrected chi connectivity index (χ0v) is 42.1. The fraction of sp³-hybridized carbons (Fsp3) is 0.870. The minimum Gasteiger partial charge on any atom is -0.462 e. The molecule has 0 radical (unpaired) electrons. The maximum absolute atomic E-state index is 12.8. The second kappa shape index (κ2) is 34.1. The largest absolute Gasteiger partial charge is 0.481 e. The Labute approximate surface area is 393 Å². The standard InChI is InChI=1S/C46H85N3O15P2/c1-36(2)27-23-19-15-13-11-9-7-5-6-8-10-12-14-16-22-26-30-42(51)62-38(33-59-41(50)29-25-21-18-17-20-24-28-37(3)4)34-60-65(55,56)64-66(57,58)61-35-39-43(52)44(53)45(63-39)49-32-31-40(47)48-46(49)54/h31-32,36-39,43-45,52-53H,5-30,33-35H2,1-4H3,(H,55,56)(H,57,58)(H2,47,48,54)/t38-,39-,43+,44?,45-/m1/s1. The molecule has 1 aromatic rings. The molecule has 1 aromatic heterocycles. The molecule has 0 aliphatic carbocycles. The maximum atomic E-state index is 12.8. The van der Waals surface area contributed by atoms with E-state index in [0.717, 1.165) is 61.9 Å². The Morgan fingerprint density at radius 3 is 1.59 bits per heavy atom. The lowest BCUT2D eigenvalue weighted by Crippen LogP contribution is -2.36. The fourth-order valence-corrected chi connectivity index (χ4v) is 9.79. The number of nitrogen functional groups attached to an aromatic ring is 1. The van der Waals surface area contributed by atoms with Crippen molar-refractivity contribution in [3.63, 3.8) is 0 Å². The lowest BCUT2D eigenvalue weighted by atomic mass is 10.0. The summed E-state index contributed by atoms with van der Waals surface area (Å²) in [5.41, 5.74) is 4.59. The third-order valence-corrected chi connectivity index (χ3v) is 14.1. The highest BCUT2D eigenvalue weighted by Gasteiger charge is 2.46. The monoisotopic (exact) mass is 982 g/mol. The van der Waals surface area contributed by atoms with E-state index in [1.807, 2.05) is 0 Å². The van der Waals surface area contributed by atoms with Crippen LogP contribution in [0.15, 0.2) is 17.1 Å². The topological polar surface area (TPSA) is 265 Å². The third kappa shape index (κ3) is 28.3. The fourth-order valence-electron chi connectivity index (χ4n) is 7.68. The van der Waals surface area contributed by atoms with Gasteiger partial charge in [-0.05, 0) is 30.7 Å². The second-order valence-electron chi connectivity index (χ2n) is 18.6. The Hall–Kier alpha value is -2.24. The van der Waals surface area contributed by atoms with Gasteiger partial charge in [0.05, 0.1) is 13.2 Å². The van der Waals surface area contributed by atoms with Crippen molar-refractivity contribution in [1.29, 1.82) is 0 Å². The van der Waals surface area contributed by atoms with Crippen molar-refractivity contribution in [2.24, 2.45) is 11.8 Å². The number of carbonyl (C=O) groups is 2. The Kier molecular flexibility index (Phi) is 31.0. The Balaban J connectivity index is 1.77. The number of unbranched alkanes of at least 4 members (excludes halogenated alkanes) is 20. The molecule has 6 N–H and O–H groups in total. The number of phosphoric acid groups is 2. The summed E-state index contributed by atoms with van der Waals surface area (Å²) in [7, 11) is -10.8. The van der Waals surface area contributed by atoms with Gasteiger partial charge in [0.25, 0.3) is 0 Å². The first-order valence-electron chi connectivity index (χ1n) is 24.8. The van der Waals surface area contributed by atoms with Crippen molar-refractivity contribution in [2.75, 3.05) is 25.6 Å². The zero-order valence-electron chi connectivity index (χ0n) is 40.3. The molecule has 0 aromatic carbocycles. The first-order valence-corrected chi connectivity index (χ1v) is 27.8. The van der Waals surface area contributed by atoms with Gasteiger partial charge in [-0.3, -0.25) is 23.2 Å². The summed E-state index contributed by atoms with van der Waals surface area (Å²) in [4.78, 5) is 61.7. The van der Waals surface area contributed by atoms with Gasteiger partial charge in [-0.25, -0.2) is 13.9 Å². The molecule has 20 heteroatoms. The van der Waals surface area contributed by atoms with Crippen molar-refractivity contribution in [1.82, 2.24) is 9.55 Å². The number of aromatic nitrogens is 2. The van der Waals surface area contributed by atoms with Crippen LogP contribution >= 0.6 is 15.6 Å². The normalized spacial score (nSPS) is 19.8. The number of esters is 2. The molecule has 0 bridgehead atoms. The van der Waals surface area contributed by atoms with Gasteiger partial charge in [-0.15, -0.1) is 0 Å². The Bertz CT molecular complexity index is 1630. The zero-order chi connectivity index (χ0) is 48.8. The summed E-state index contributed by atoms with van der Waals surface area (Å²) in [6.07, 6.45) is 21.0. The van der Waals surface area contributed by atoms with E-state index in [9.17, 15) is 43.5 Å². The van der Waals surface area contributed by atoms with Gasteiger partial charge in [-0.1, -0.05) is 169 Å². The van der Waals surface area contributed by atoms with Crippen LogP contribution in [0.2, 0.25) is 0 Å². The average molecular weight is 982 g/mol. The summed E-state index contributed by atoms with van der Waals surface area (Å²) in [6.45, 7) is 6.70. The molecule has 1 aliphatic rings. The number of nitrogens with zero attached hydrogens (tertiary/aromatic N) is 2. The molecule has 0 saturated carbocycles. The van der Waals surface area contributed by atoms with Crippen LogP contribution < -0.4 is 11.4 Å². The van der Waals surface area contributed by atoms with Crippen molar-refractivity contribution < 1.29 is 66.3 Å². The predicted molar refractivity (Wildman–Crippen MR) is 252 cm³/mol. The minimum absolute atomic E-state index is 0.0562. The molecule has 18 nitrogen and oxygen atoms in total. The molecular weight excluding hydrogens is 896 g/mol. The van der Waals surface area contributed by atoms with Gasteiger partial charge < -0.3 is 39.9 Å². The molecular formula is C46H85N3O15P2. The number of phosphoric ester groups is 2. The molecule has 0 spiro atoms. The first-order chi connectivity index (χ1) is 31.4. The second-order valence-corrected chi connectivity index (χ2v) is 21.7. The van der Waals surface area contributed by atoms with E-state index >= 15 is 0 Å². The van der Waals surface area contributed by atoms with Crippen molar-refractivity contribution in [2.45, 2.75) is 225 Å². The SMILES string of the molecule is CC(C)CCCCCCCCCCCCCCCCCCC(=O)O[C@H](COC(=O)CCCCCCCCC(C)C)COP(=O)(O)OP(=O)(O)OC[C@H]1O[C@@H](n2ccc(N)nc2=O)C(O)[C@H]1O. The van der Waals surface area contributed by atoms with E-state index in [2.05, 4.69) is 37.0 Å². The maximum Gasteiger partial charge on any atom is 0.481 e. The summed E-state index contributed by atoms with van der Waals surface area (Å²) in [5.74, 6) is 0.197. The molecule has 0 amide bonds. The highest BCUT2D eigenvalue weighted by atomic mass is 31.3. The lowest BCUT2D eigenvalue weighted by molar-refractivity contribution is -0.161. The smallest absolute Gasteiger partial charge is 0.462 e. The van der Waals surface area contributed by atoms with Crippen LogP contribution in [0.1, 0.15) is 201 Å². The molecule has 3 unspecified atom stereocenters. The molecule has 66 heavy (non-hydrogen) atoms. The summed E-state index contributed by atoms with van der Waals surface area (Å²) < 4.78 is 56.7. The van der Waals surface area contributed by atoms with E-state index in [-0.39, 0.29) is 18.7 Å². The van der Waals surface area contributed by atoms with Gasteiger partial charge in [0.2, 0.25) is 0 Å². The number of aliphatic hydroxyl groups is 2. The number of aliphatic hydroxyl groups excluding tert-OH is 2. The van der Waals surface area contributed by atoms with Crippen LogP contribution in [0, 0.1) is 11.8 Å². The highest BCUT2D eigenvalue weighted by Crippen LogP contribution is 2.60. The van der Waals surface area contributed by atoms with Crippen LogP contribution in [0.5, 0.6) is 0 Å². The molecule has 7 atom stereocenters. The number of rotatable bonds is 40. The van der Waals surface area contributed by atoms with Gasteiger partial charge in [0.1, 0.15) is 30.7 Å². The number of hydrogen-bond acceptors (Lipinski definition) is 15. The lowest BCUT2D eigenvalue weighted by Gasteiger charge is -2.21. The number of carbonyl (C=O) groups excluding carboxylic acids is 2. The van der Waals surface area contributed by atoms with Gasteiger partial charge in [-0.2, -0.15) is 9.29 Å². The van der Waals surface area contributed by atoms with Crippen molar-refractivity contribution >= 4 is 33.4 Å². The molecule has 384 valence electrons. The summed E-state index contributed by atoms with van der Waals surface area (Å²) >= 11 is 0. The van der Waals surface area contributed by atoms with Gasteiger partial charge in [0, 0.05) is 19.0 Å². The highest BCUT2D eigenvalue weighted by molar-refractivity contribution is 7.61. The first kappa shape index (κ1) is 59.9. The van der Waals surface area contributed by atoms with E-state index in [1.54, 1.807) is 0 Å². The average Bonchev–Trinajstić information content (AvgIpc) is 3.52. The van der Waals surface area contributed by atoms with Crippen LogP contribution in [-0.4, -0.2) is 85.7 Å². The Morgan fingerprint density at radius 1 is 0.682 bits per heavy atom. The molecule has 2 rings (SSSR count). The minimum atomic E-state index is -5.41. The van der Waals surface area contributed by atoms with Gasteiger partial charge >= 0.3 is 33.3 Å². The number of nitrogens with two attached hydrogens (primary N) is 1. The van der Waals surface area contributed by atoms with Crippen molar-refractivity contribution in [3.8, 4) is 0 Å². The number of ether oxygens (including phenoxy) is 3. The number of hydrogen-bond donors (Lipinski definition) is 5. The quantitative estimate of drug-likeness (QED) is 0.0233. The van der Waals surface area contributed by atoms with Crippen LogP contribution in [0.4, 0.5) is 5.82 Å². The molecule has 2 heterocycles. The summed E-state index contributed by atoms with van der Waals surface area (Å²) in [5, 5.41) is 20.9. The van der Waals surface area contributed by atoms with Crippen LogP contribution in [0.3, 0.4) is 0 Å². The molecule has 1 aliphatic heterocycles. The van der Waals surface area contributed by atoms with Crippen LogP contribution in [0.25, 0.3) is 0 Å². The van der Waals surface area contributed by atoms with Gasteiger partial charge in [0.15, 0.2) is 12.3 Å². The third-order valence-electron chi connectivity index (χ3n) is 11.5. The number of anilines is 1. The molecule has 1 fully saturated rings. The Morgan fingerprint density at radius 2 is 1.12 bits per heavy atom. The predicted octanol–water partition coefficient (Wildman–Crippen LogP) is 9.60. The summed E-state index contributed by atoms with van der Waals surface area (Å²) in [6, 6.07) is 1.25. The van der Waals surface area contributed by atoms with E-state index in [4.69, 9.17) is 29.0 Å². The van der Waals surface area contributed by atoms with E-state index < -0.39 is 83.7 Å². The van der Waals surface area contributed by atoms with E-state index in [0.29, 0.717) is 18.8 Å². The van der Waals surface area contributed by atoms with Crippen LogP contribution in [-0.2, 0) is 46.3 Å². The molecule has 1 saturated heterocycles. The van der Waals surface area contributed by atoms with Crippen molar-refractivity contribution in [3.05, 3.63) is 22.7 Å².